The molecule has 0 atom stereocenters. The summed E-state index contributed by atoms with van der Waals surface area (Å²) in [5.74, 6) is 0.463. The molecule has 2 aromatic carbocycles. The average Bonchev–Trinajstić information content (AvgIpc) is 3.16. The van der Waals surface area contributed by atoms with Crippen LogP contribution in [0.15, 0.2) is 59.4 Å². The molecule has 1 N–H and O–H groups in total. The van der Waals surface area contributed by atoms with E-state index in [2.05, 4.69) is 44.2 Å². The fourth-order valence-corrected chi connectivity index (χ4v) is 3.95. The van der Waals surface area contributed by atoms with Gasteiger partial charge in [0.2, 0.25) is 0 Å². The van der Waals surface area contributed by atoms with Gasteiger partial charge in [-0.3, -0.25) is 4.90 Å². The molecule has 0 amide bonds. The van der Waals surface area contributed by atoms with Crippen molar-refractivity contribution in [2.24, 2.45) is 0 Å². The number of nitrogens with zero attached hydrogens (tertiary/aromatic N) is 4. The molecule has 0 unspecified atom stereocenters. The molecule has 4 aromatic rings. The number of nitrogens with one attached hydrogen (secondary N) is 1. The number of H-pyrrole nitrogens is 1. The Hall–Kier alpha value is -2.96. The predicted octanol–water partition coefficient (Wildman–Crippen LogP) is 3.30. The molecule has 1 aliphatic rings. The van der Waals surface area contributed by atoms with Crippen molar-refractivity contribution in [2.75, 3.05) is 6.54 Å². The van der Waals surface area contributed by atoms with E-state index in [4.69, 9.17) is 11.6 Å². The van der Waals surface area contributed by atoms with Crippen molar-refractivity contribution in [3.05, 3.63) is 86.9 Å². The molecule has 0 radical (unpaired) electrons. The maximum Gasteiger partial charge on any atom is 0.348 e. The first-order chi connectivity index (χ1) is 13.7. The van der Waals surface area contributed by atoms with Crippen molar-refractivity contribution in [1.29, 1.82) is 0 Å². The topological polar surface area (TPSA) is 66.3 Å². The van der Waals surface area contributed by atoms with Crippen molar-refractivity contribution < 1.29 is 0 Å². The lowest BCUT2D eigenvalue weighted by atomic mass is 10.1. The Kier molecular flexibility index (Phi) is 4.22. The first-order valence-corrected chi connectivity index (χ1v) is 9.59. The van der Waals surface area contributed by atoms with Gasteiger partial charge < -0.3 is 4.98 Å². The van der Waals surface area contributed by atoms with Crippen LogP contribution in [0.3, 0.4) is 0 Å². The lowest BCUT2D eigenvalue weighted by Gasteiger charge is -2.28. The molecule has 5 rings (SSSR count). The summed E-state index contributed by atoms with van der Waals surface area (Å²) in [6.45, 7) is 2.46. The Bertz CT molecular complexity index is 1210. The molecule has 28 heavy (non-hydrogen) atoms. The van der Waals surface area contributed by atoms with Crippen molar-refractivity contribution in [3.63, 3.8) is 0 Å². The van der Waals surface area contributed by atoms with E-state index in [-0.39, 0.29) is 5.69 Å². The van der Waals surface area contributed by atoms with E-state index < -0.39 is 0 Å². The van der Waals surface area contributed by atoms with Gasteiger partial charge in [0.05, 0.1) is 5.02 Å². The van der Waals surface area contributed by atoms with Gasteiger partial charge in [0.1, 0.15) is 0 Å². The fraction of sp³-hybridized carbons (Fsp3) is 0.190. The molecule has 0 bridgehead atoms. The van der Waals surface area contributed by atoms with E-state index in [1.807, 2.05) is 24.3 Å². The van der Waals surface area contributed by atoms with Gasteiger partial charge in [0, 0.05) is 42.9 Å². The van der Waals surface area contributed by atoms with E-state index in [0.29, 0.717) is 23.0 Å². The number of aromatic amines is 1. The maximum absolute atomic E-state index is 12.5. The van der Waals surface area contributed by atoms with Gasteiger partial charge >= 0.3 is 5.69 Å². The Morgan fingerprint density at radius 1 is 1.07 bits per heavy atom. The van der Waals surface area contributed by atoms with Crippen LogP contribution >= 0.6 is 11.6 Å². The number of benzene rings is 2. The standard InChI is InChI=1S/C21H18ClN5O/c22-17-9-5-4-8-15(17)19-24-20-16-13-26(12-14-6-2-1-3-7-14)11-10-18(16)23-21(28)27(20)25-19/h1-9H,10-13H2,(H,23,28). The molecule has 6 nitrogen and oxygen atoms in total. The van der Waals surface area contributed by atoms with Gasteiger partial charge in [-0.15, -0.1) is 5.10 Å². The smallest absolute Gasteiger partial charge is 0.309 e. The minimum Gasteiger partial charge on any atom is -0.309 e. The second-order valence-corrected chi connectivity index (χ2v) is 7.39. The molecule has 1 aliphatic heterocycles. The quantitative estimate of drug-likeness (QED) is 0.582. The highest BCUT2D eigenvalue weighted by molar-refractivity contribution is 6.33. The zero-order valence-corrected chi connectivity index (χ0v) is 15.9. The van der Waals surface area contributed by atoms with Crippen molar-refractivity contribution in [2.45, 2.75) is 19.5 Å². The number of halogens is 1. The van der Waals surface area contributed by atoms with Gasteiger partial charge in [0.25, 0.3) is 0 Å². The summed E-state index contributed by atoms with van der Waals surface area (Å²) in [5.41, 5.74) is 4.29. The summed E-state index contributed by atoms with van der Waals surface area (Å²) in [6, 6.07) is 17.8. The van der Waals surface area contributed by atoms with Crippen molar-refractivity contribution in [1.82, 2.24) is 24.5 Å². The lowest BCUT2D eigenvalue weighted by Crippen LogP contribution is -2.34. The van der Waals surface area contributed by atoms with E-state index in [0.717, 1.165) is 36.3 Å². The molecule has 0 saturated heterocycles. The van der Waals surface area contributed by atoms with Gasteiger partial charge in [-0.05, 0) is 17.7 Å². The monoisotopic (exact) mass is 391 g/mol. The molecule has 0 spiro atoms. The molecular formula is C21H18ClN5O. The van der Waals surface area contributed by atoms with E-state index in [1.165, 1.54) is 10.1 Å². The van der Waals surface area contributed by atoms with Crippen LogP contribution in [0, 0.1) is 0 Å². The lowest BCUT2D eigenvalue weighted by molar-refractivity contribution is 0.243. The number of rotatable bonds is 3. The normalized spacial score (nSPS) is 14.3. The summed E-state index contributed by atoms with van der Waals surface area (Å²) < 4.78 is 1.35. The highest BCUT2D eigenvalue weighted by atomic mass is 35.5. The Morgan fingerprint density at radius 3 is 2.68 bits per heavy atom. The Balaban J connectivity index is 1.56. The van der Waals surface area contributed by atoms with Crippen LogP contribution in [0.5, 0.6) is 0 Å². The van der Waals surface area contributed by atoms with E-state index in [9.17, 15) is 4.79 Å². The minimum absolute atomic E-state index is 0.268. The van der Waals surface area contributed by atoms with Gasteiger partial charge in [-0.2, -0.15) is 4.52 Å². The summed E-state index contributed by atoms with van der Waals surface area (Å²) in [6.07, 6.45) is 0.780. The van der Waals surface area contributed by atoms with Gasteiger partial charge in [0.15, 0.2) is 11.5 Å². The number of hydrogen-bond donors (Lipinski definition) is 1. The van der Waals surface area contributed by atoms with Crippen LogP contribution in [0.2, 0.25) is 5.02 Å². The minimum atomic E-state index is -0.268. The van der Waals surface area contributed by atoms with Crippen LogP contribution in [0.25, 0.3) is 17.0 Å². The summed E-state index contributed by atoms with van der Waals surface area (Å²) in [5, 5.41) is 4.98. The molecular weight excluding hydrogens is 374 g/mol. The van der Waals surface area contributed by atoms with Crippen LogP contribution in [-0.4, -0.2) is 31.0 Å². The van der Waals surface area contributed by atoms with Crippen molar-refractivity contribution >= 4 is 17.2 Å². The molecule has 0 fully saturated rings. The zero-order valence-electron chi connectivity index (χ0n) is 15.1. The van der Waals surface area contributed by atoms with Crippen LogP contribution in [-0.2, 0) is 19.5 Å². The molecule has 0 aliphatic carbocycles. The Labute approximate surface area is 166 Å². The van der Waals surface area contributed by atoms with Gasteiger partial charge in [-0.1, -0.05) is 54.1 Å². The number of fused-ring (bicyclic) bond motifs is 3. The average molecular weight is 392 g/mol. The van der Waals surface area contributed by atoms with Crippen LogP contribution in [0.1, 0.15) is 16.8 Å². The first kappa shape index (κ1) is 17.2. The number of aromatic nitrogens is 4. The molecule has 0 saturated carbocycles. The van der Waals surface area contributed by atoms with Crippen LogP contribution in [0.4, 0.5) is 0 Å². The fourth-order valence-electron chi connectivity index (χ4n) is 3.73. The first-order valence-electron chi connectivity index (χ1n) is 9.21. The largest absolute Gasteiger partial charge is 0.348 e. The molecule has 7 heteroatoms. The highest BCUT2D eigenvalue weighted by Crippen LogP contribution is 2.27. The summed E-state index contributed by atoms with van der Waals surface area (Å²) >= 11 is 6.30. The third-order valence-electron chi connectivity index (χ3n) is 5.12. The third kappa shape index (κ3) is 3.00. The maximum atomic E-state index is 12.5. The summed E-state index contributed by atoms with van der Waals surface area (Å²) in [4.78, 5) is 22.5. The number of hydrogen-bond acceptors (Lipinski definition) is 4. The van der Waals surface area contributed by atoms with E-state index in [1.54, 1.807) is 6.07 Å². The highest BCUT2D eigenvalue weighted by Gasteiger charge is 2.23. The second kappa shape index (κ2) is 6.89. The molecule has 3 heterocycles. The predicted molar refractivity (Wildman–Crippen MR) is 108 cm³/mol. The summed E-state index contributed by atoms with van der Waals surface area (Å²) in [7, 11) is 0. The van der Waals surface area contributed by atoms with Crippen LogP contribution < -0.4 is 5.69 Å². The van der Waals surface area contributed by atoms with Crippen molar-refractivity contribution in [3.8, 4) is 11.4 Å². The van der Waals surface area contributed by atoms with E-state index >= 15 is 0 Å². The van der Waals surface area contributed by atoms with Gasteiger partial charge in [-0.25, -0.2) is 9.78 Å². The SMILES string of the molecule is O=c1[nH]c2c(c3nc(-c4ccccc4Cl)nn13)CN(Cc1ccccc1)CC2. The molecule has 140 valence electrons. The third-order valence-corrected chi connectivity index (χ3v) is 5.44. The molecule has 2 aromatic heterocycles. The zero-order chi connectivity index (χ0) is 19.1. The second-order valence-electron chi connectivity index (χ2n) is 6.98. The Morgan fingerprint density at radius 2 is 1.86 bits per heavy atom.